The number of fused-ring (bicyclic) bond motifs is 1. The van der Waals surface area contributed by atoms with Crippen molar-refractivity contribution in [1.82, 2.24) is 14.2 Å². The van der Waals surface area contributed by atoms with E-state index in [1.165, 1.54) is 11.0 Å². The van der Waals surface area contributed by atoms with E-state index in [0.29, 0.717) is 30.6 Å². The van der Waals surface area contributed by atoms with Gasteiger partial charge in [0.2, 0.25) is 0 Å². The molecule has 0 radical (unpaired) electrons. The van der Waals surface area contributed by atoms with E-state index in [9.17, 15) is 19.1 Å². The first-order valence-electron chi connectivity index (χ1n) is 11.7. The standard InChI is InChI=1S/C28H25BrFN3O3/c1-18-20(8-5-9-23(18)30)16-22-25(27(34)31-12-14-32(15-13-31)28(35)36)24-17-21(29)10-11-33(24)26(22)19-6-3-2-4-7-19/h2-11,17H,12-16H2,1H3,(H,35,36). The molecule has 1 aliphatic heterocycles. The quantitative estimate of drug-likeness (QED) is 0.347. The maximum atomic E-state index is 14.5. The van der Waals surface area contributed by atoms with Crippen LogP contribution in [0.5, 0.6) is 0 Å². The van der Waals surface area contributed by atoms with Crippen molar-refractivity contribution in [1.29, 1.82) is 0 Å². The summed E-state index contributed by atoms with van der Waals surface area (Å²) < 4.78 is 17.3. The molecule has 0 atom stereocenters. The van der Waals surface area contributed by atoms with Gasteiger partial charge in [0.1, 0.15) is 5.82 Å². The second-order valence-corrected chi connectivity index (χ2v) is 9.85. The van der Waals surface area contributed by atoms with Crippen molar-refractivity contribution in [2.75, 3.05) is 26.2 Å². The highest BCUT2D eigenvalue weighted by atomic mass is 79.9. The summed E-state index contributed by atoms with van der Waals surface area (Å²) in [5, 5.41) is 9.32. The average molecular weight is 550 g/mol. The second kappa shape index (κ2) is 9.78. The molecule has 1 N–H and O–H groups in total. The van der Waals surface area contributed by atoms with Crippen molar-refractivity contribution in [2.24, 2.45) is 0 Å². The topological polar surface area (TPSA) is 65.3 Å². The number of nitrogens with zero attached hydrogens (tertiary/aromatic N) is 3. The predicted molar refractivity (Wildman–Crippen MR) is 140 cm³/mol. The highest BCUT2D eigenvalue weighted by Crippen LogP contribution is 2.36. The number of pyridine rings is 1. The van der Waals surface area contributed by atoms with Crippen molar-refractivity contribution < 1.29 is 19.1 Å². The first kappa shape index (κ1) is 24.1. The van der Waals surface area contributed by atoms with Crippen molar-refractivity contribution in [3.05, 3.63) is 99.4 Å². The minimum atomic E-state index is -0.978. The molecule has 2 aromatic heterocycles. The zero-order chi connectivity index (χ0) is 25.4. The molecule has 36 heavy (non-hydrogen) atoms. The normalized spacial score (nSPS) is 13.9. The number of rotatable bonds is 4. The average Bonchev–Trinajstić information content (AvgIpc) is 3.19. The summed E-state index contributed by atoms with van der Waals surface area (Å²) >= 11 is 3.55. The molecular weight excluding hydrogens is 525 g/mol. The molecule has 0 spiro atoms. The van der Waals surface area contributed by atoms with Crippen LogP contribution in [0.15, 0.2) is 71.3 Å². The Bertz CT molecular complexity index is 1460. The summed E-state index contributed by atoms with van der Waals surface area (Å²) in [4.78, 5) is 28.5. The van der Waals surface area contributed by atoms with Gasteiger partial charge in [-0.05, 0) is 47.4 Å². The number of aromatic nitrogens is 1. The Kier molecular flexibility index (Phi) is 6.53. The van der Waals surface area contributed by atoms with Gasteiger partial charge in [0.25, 0.3) is 5.91 Å². The first-order valence-corrected chi connectivity index (χ1v) is 12.5. The number of hydrogen-bond donors (Lipinski definition) is 1. The highest BCUT2D eigenvalue weighted by molar-refractivity contribution is 9.10. The molecule has 8 heteroatoms. The van der Waals surface area contributed by atoms with Crippen LogP contribution in [0.25, 0.3) is 16.8 Å². The Morgan fingerprint density at radius 3 is 2.36 bits per heavy atom. The van der Waals surface area contributed by atoms with E-state index in [1.54, 1.807) is 17.9 Å². The van der Waals surface area contributed by atoms with Gasteiger partial charge in [-0.25, -0.2) is 9.18 Å². The number of piperazine rings is 1. The number of carboxylic acid groups (broad SMARTS) is 1. The van der Waals surface area contributed by atoms with E-state index in [-0.39, 0.29) is 24.8 Å². The van der Waals surface area contributed by atoms with E-state index >= 15 is 0 Å². The van der Waals surface area contributed by atoms with E-state index < -0.39 is 6.09 Å². The number of halogens is 2. The largest absolute Gasteiger partial charge is 0.465 e. The van der Waals surface area contributed by atoms with Crippen molar-refractivity contribution in [3.63, 3.8) is 0 Å². The van der Waals surface area contributed by atoms with Crippen LogP contribution < -0.4 is 0 Å². The molecule has 0 saturated carbocycles. The van der Waals surface area contributed by atoms with Crippen LogP contribution in [0.3, 0.4) is 0 Å². The van der Waals surface area contributed by atoms with Gasteiger partial charge in [-0.1, -0.05) is 58.4 Å². The van der Waals surface area contributed by atoms with Crippen LogP contribution in [0, 0.1) is 12.7 Å². The van der Waals surface area contributed by atoms with Crippen molar-refractivity contribution >= 4 is 33.4 Å². The van der Waals surface area contributed by atoms with Gasteiger partial charge >= 0.3 is 6.09 Å². The molecule has 1 fully saturated rings. The number of hydrogen-bond acceptors (Lipinski definition) is 2. The maximum Gasteiger partial charge on any atom is 0.407 e. The molecule has 1 saturated heterocycles. The molecule has 2 aromatic carbocycles. The lowest BCUT2D eigenvalue weighted by Gasteiger charge is -2.33. The Balaban J connectivity index is 1.71. The zero-order valence-electron chi connectivity index (χ0n) is 19.7. The zero-order valence-corrected chi connectivity index (χ0v) is 21.3. The number of carbonyl (C=O) groups is 2. The molecule has 0 aliphatic carbocycles. The summed E-state index contributed by atoms with van der Waals surface area (Å²) in [6.07, 6.45) is 1.33. The van der Waals surface area contributed by atoms with Gasteiger partial charge in [0.05, 0.1) is 16.8 Å². The molecule has 4 aromatic rings. The van der Waals surface area contributed by atoms with Gasteiger partial charge in [0.15, 0.2) is 0 Å². The Morgan fingerprint density at radius 1 is 0.972 bits per heavy atom. The SMILES string of the molecule is Cc1c(F)cccc1Cc1c(C(=O)N2CCN(C(=O)O)CC2)c2cc(Br)ccn2c1-c1ccccc1. The molecule has 6 nitrogen and oxygen atoms in total. The molecule has 2 amide bonds. The van der Waals surface area contributed by atoms with E-state index in [0.717, 1.165) is 32.4 Å². The smallest absolute Gasteiger partial charge is 0.407 e. The van der Waals surface area contributed by atoms with E-state index in [4.69, 9.17) is 0 Å². The van der Waals surface area contributed by atoms with Crippen LogP contribution in [0.4, 0.5) is 9.18 Å². The summed E-state index contributed by atoms with van der Waals surface area (Å²) in [6.45, 7) is 2.91. The molecule has 184 valence electrons. The monoisotopic (exact) mass is 549 g/mol. The number of benzene rings is 2. The van der Waals surface area contributed by atoms with Gasteiger partial charge < -0.3 is 19.3 Å². The lowest BCUT2D eigenvalue weighted by atomic mass is 9.94. The molecule has 5 rings (SSSR count). The summed E-state index contributed by atoms with van der Waals surface area (Å²) in [5.41, 5.74) is 5.33. The Morgan fingerprint density at radius 2 is 1.67 bits per heavy atom. The van der Waals surface area contributed by atoms with Crippen LogP contribution >= 0.6 is 15.9 Å². The van der Waals surface area contributed by atoms with Gasteiger partial charge in [0, 0.05) is 43.3 Å². The second-order valence-electron chi connectivity index (χ2n) is 8.93. The maximum absolute atomic E-state index is 14.5. The summed E-state index contributed by atoms with van der Waals surface area (Å²) in [5.74, 6) is -0.431. The number of carbonyl (C=O) groups excluding carboxylic acids is 1. The van der Waals surface area contributed by atoms with Crippen molar-refractivity contribution in [3.8, 4) is 11.3 Å². The minimum Gasteiger partial charge on any atom is -0.465 e. The lowest BCUT2D eigenvalue weighted by molar-refractivity contribution is 0.0626. The van der Waals surface area contributed by atoms with Crippen LogP contribution in [0.2, 0.25) is 0 Å². The highest BCUT2D eigenvalue weighted by Gasteiger charge is 2.31. The van der Waals surface area contributed by atoms with Crippen LogP contribution in [-0.4, -0.2) is 57.5 Å². The number of amides is 2. The fraction of sp³-hybridized carbons (Fsp3) is 0.214. The Hall–Kier alpha value is -3.65. The summed E-state index contributed by atoms with van der Waals surface area (Å²) in [7, 11) is 0. The third-order valence-corrected chi connectivity index (χ3v) is 7.34. The summed E-state index contributed by atoms with van der Waals surface area (Å²) in [6, 6.07) is 18.8. The third-order valence-electron chi connectivity index (χ3n) is 6.85. The van der Waals surface area contributed by atoms with Gasteiger partial charge in [-0.15, -0.1) is 0 Å². The lowest BCUT2D eigenvalue weighted by Crippen LogP contribution is -2.50. The molecule has 1 aliphatic rings. The van der Waals surface area contributed by atoms with E-state index in [1.807, 2.05) is 59.1 Å². The first-order chi connectivity index (χ1) is 17.3. The van der Waals surface area contributed by atoms with Crippen molar-refractivity contribution in [2.45, 2.75) is 13.3 Å². The fourth-order valence-corrected chi connectivity index (χ4v) is 5.23. The third kappa shape index (κ3) is 4.37. The minimum absolute atomic E-state index is 0.151. The molecule has 3 heterocycles. The van der Waals surface area contributed by atoms with Crippen LogP contribution in [0.1, 0.15) is 27.0 Å². The van der Waals surface area contributed by atoms with E-state index in [2.05, 4.69) is 15.9 Å². The van der Waals surface area contributed by atoms with Crippen LogP contribution in [-0.2, 0) is 6.42 Å². The van der Waals surface area contributed by atoms with Gasteiger partial charge in [-0.2, -0.15) is 0 Å². The molecule has 0 unspecified atom stereocenters. The Labute approximate surface area is 216 Å². The van der Waals surface area contributed by atoms with Gasteiger partial charge in [-0.3, -0.25) is 4.79 Å². The molecule has 0 bridgehead atoms. The predicted octanol–water partition coefficient (Wildman–Crippen LogP) is 5.84. The molecular formula is C28H25BrFN3O3. The fourth-order valence-electron chi connectivity index (χ4n) is 4.89.